The first-order valence-electron chi connectivity index (χ1n) is 6.33. The molecule has 1 aromatic heterocycles. The summed E-state index contributed by atoms with van der Waals surface area (Å²) in [7, 11) is 0. The first kappa shape index (κ1) is 13.1. The van der Waals surface area contributed by atoms with E-state index in [2.05, 4.69) is 20.2 Å². The van der Waals surface area contributed by atoms with Gasteiger partial charge < -0.3 is 0 Å². The second-order valence-corrected chi connectivity index (χ2v) is 5.72. The molecular formula is C14H14N4OS. The van der Waals surface area contributed by atoms with Crippen LogP contribution >= 0.6 is 11.8 Å². The van der Waals surface area contributed by atoms with Gasteiger partial charge in [0.05, 0.1) is 12.1 Å². The van der Waals surface area contributed by atoms with Crippen molar-refractivity contribution in [3.63, 3.8) is 0 Å². The number of hydrogen-bond donors (Lipinski definition) is 1. The lowest BCUT2D eigenvalue weighted by molar-refractivity contribution is 0.0999. The van der Waals surface area contributed by atoms with Crippen molar-refractivity contribution in [3.8, 4) is 0 Å². The van der Waals surface area contributed by atoms with Crippen molar-refractivity contribution in [2.45, 2.75) is 25.4 Å². The number of hydrogen-bond acceptors (Lipinski definition) is 5. The fraction of sp³-hybridized carbons (Fsp3) is 0.286. The van der Waals surface area contributed by atoms with Gasteiger partial charge in [0.25, 0.3) is 0 Å². The third-order valence-electron chi connectivity index (χ3n) is 3.41. The van der Waals surface area contributed by atoms with Crippen LogP contribution in [0.5, 0.6) is 0 Å². The molecule has 0 amide bonds. The maximum absolute atomic E-state index is 12.2. The summed E-state index contributed by atoms with van der Waals surface area (Å²) in [5.74, 6) is 0.791. The van der Waals surface area contributed by atoms with Crippen LogP contribution in [-0.2, 0) is 0 Å². The van der Waals surface area contributed by atoms with Crippen LogP contribution in [-0.4, -0.2) is 32.4 Å². The summed E-state index contributed by atoms with van der Waals surface area (Å²) in [4.78, 5) is 20.9. The van der Waals surface area contributed by atoms with Gasteiger partial charge in [-0.1, -0.05) is 17.8 Å². The van der Waals surface area contributed by atoms with Crippen LogP contribution in [0.3, 0.4) is 0 Å². The zero-order chi connectivity index (χ0) is 14.1. The third kappa shape index (κ3) is 2.38. The van der Waals surface area contributed by atoms with Gasteiger partial charge in [-0.2, -0.15) is 5.10 Å². The second kappa shape index (κ2) is 5.20. The Morgan fingerprint density at radius 1 is 1.35 bits per heavy atom. The molecule has 1 aliphatic heterocycles. The molecule has 1 aliphatic rings. The molecule has 0 aliphatic carbocycles. The lowest BCUT2D eigenvalue weighted by Crippen LogP contribution is -2.16. The molecule has 102 valence electrons. The van der Waals surface area contributed by atoms with Crippen molar-refractivity contribution in [1.82, 2.24) is 15.2 Å². The van der Waals surface area contributed by atoms with Gasteiger partial charge in [0.15, 0.2) is 10.9 Å². The van der Waals surface area contributed by atoms with Crippen LogP contribution in [0.15, 0.2) is 28.6 Å². The van der Waals surface area contributed by atoms with Gasteiger partial charge in [-0.25, -0.2) is 4.98 Å². The normalized spacial score (nSPS) is 14.1. The maximum atomic E-state index is 12.2. The SMILES string of the molecule is Cc1ccc2c(c1C)N=C(CSc1ncn[nH]1)CC2=O. The van der Waals surface area contributed by atoms with Gasteiger partial charge >= 0.3 is 0 Å². The fourth-order valence-corrected chi connectivity index (χ4v) is 2.86. The number of rotatable bonds is 3. The third-order valence-corrected chi connectivity index (χ3v) is 4.35. The van der Waals surface area contributed by atoms with Gasteiger partial charge in [0.1, 0.15) is 6.33 Å². The molecule has 2 heterocycles. The lowest BCUT2D eigenvalue weighted by Gasteiger charge is -2.17. The van der Waals surface area contributed by atoms with E-state index in [4.69, 9.17) is 0 Å². The quantitative estimate of drug-likeness (QED) is 0.881. The molecule has 0 fully saturated rings. The van der Waals surface area contributed by atoms with Gasteiger partial charge in [-0.05, 0) is 31.0 Å². The molecule has 0 bridgehead atoms. The minimum absolute atomic E-state index is 0.145. The number of Topliss-reactive ketones (excluding diaryl/α,β-unsaturated/α-hetero) is 1. The molecule has 0 spiro atoms. The number of aliphatic imine (C=N–C) groups is 1. The van der Waals surface area contributed by atoms with E-state index >= 15 is 0 Å². The number of aryl methyl sites for hydroxylation is 1. The van der Waals surface area contributed by atoms with E-state index in [-0.39, 0.29) is 5.78 Å². The van der Waals surface area contributed by atoms with E-state index in [1.54, 1.807) is 0 Å². The van der Waals surface area contributed by atoms with Crippen LogP contribution in [0, 0.1) is 13.8 Å². The molecular weight excluding hydrogens is 272 g/mol. The number of nitrogens with one attached hydrogen (secondary N) is 1. The Balaban J connectivity index is 1.88. The Bertz CT molecular complexity index is 691. The summed E-state index contributed by atoms with van der Waals surface area (Å²) in [5.41, 5.74) is 4.69. The number of ketones is 1. The van der Waals surface area contributed by atoms with Crippen LogP contribution in [0.2, 0.25) is 0 Å². The molecule has 20 heavy (non-hydrogen) atoms. The van der Waals surface area contributed by atoms with Crippen molar-refractivity contribution < 1.29 is 4.79 Å². The number of carbonyl (C=O) groups excluding carboxylic acids is 1. The summed E-state index contributed by atoms with van der Waals surface area (Å²) in [5, 5.41) is 7.33. The summed E-state index contributed by atoms with van der Waals surface area (Å²) in [6.45, 7) is 4.05. The topological polar surface area (TPSA) is 71.0 Å². The average molecular weight is 286 g/mol. The highest BCUT2D eigenvalue weighted by molar-refractivity contribution is 7.99. The Morgan fingerprint density at radius 2 is 2.20 bits per heavy atom. The molecule has 0 saturated carbocycles. The number of H-pyrrole nitrogens is 1. The molecule has 5 nitrogen and oxygen atoms in total. The van der Waals surface area contributed by atoms with E-state index in [1.807, 2.05) is 26.0 Å². The smallest absolute Gasteiger partial charge is 0.183 e. The molecule has 0 unspecified atom stereocenters. The number of benzene rings is 1. The van der Waals surface area contributed by atoms with Crippen LogP contribution in [0.25, 0.3) is 0 Å². The molecule has 2 aromatic rings. The van der Waals surface area contributed by atoms with Crippen LogP contribution in [0.4, 0.5) is 5.69 Å². The number of nitrogens with zero attached hydrogens (tertiary/aromatic N) is 3. The number of aromatic amines is 1. The van der Waals surface area contributed by atoms with Crippen molar-refractivity contribution in [3.05, 3.63) is 35.2 Å². The van der Waals surface area contributed by atoms with Gasteiger partial charge in [-0.3, -0.25) is 14.9 Å². The van der Waals surface area contributed by atoms with E-state index in [1.165, 1.54) is 18.1 Å². The summed E-state index contributed by atoms with van der Waals surface area (Å²) >= 11 is 1.51. The number of fused-ring (bicyclic) bond motifs is 1. The first-order chi connectivity index (χ1) is 9.65. The molecule has 0 atom stereocenters. The Morgan fingerprint density at radius 3 is 2.95 bits per heavy atom. The van der Waals surface area contributed by atoms with E-state index < -0.39 is 0 Å². The highest BCUT2D eigenvalue weighted by atomic mass is 32.2. The predicted molar refractivity (Wildman–Crippen MR) is 79.1 cm³/mol. The van der Waals surface area contributed by atoms with Gasteiger partial charge in [-0.15, -0.1) is 0 Å². The Hall–Kier alpha value is -1.95. The number of thioether (sulfide) groups is 1. The largest absolute Gasteiger partial charge is 0.294 e. The molecule has 1 N–H and O–H groups in total. The van der Waals surface area contributed by atoms with Gasteiger partial charge in [0, 0.05) is 17.0 Å². The lowest BCUT2D eigenvalue weighted by atomic mass is 9.95. The van der Waals surface area contributed by atoms with E-state index in [0.29, 0.717) is 12.2 Å². The molecule has 6 heteroatoms. The highest BCUT2D eigenvalue weighted by Crippen LogP contribution is 2.32. The van der Waals surface area contributed by atoms with Crippen molar-refractivity contribution in [1.29, 1.82) is 0 Å². The average Bonchev–Trinajstić information content (AvgIpc) is 2.94. The predicted octanol–water partition coefficient (Wildman–Crippen LogP) is 2.87. The van der Waals surface area contributed by atoms with E-state index in [0.717, 1.165) is 33.2 Å². The Kier molecular flexibility index (Phi) is 3.40. The molecule has 0 saturated heterocycles. The minimum atomic E-state index is 0.145. The van der Waals surface area contributed by atoms with Crippen molar-refractivity contribution in [2.24, 2.45) is 4.99 Å². The maximum Gasteiger partial charge on any atom is 0.183 e. The second-order valence-electron chi connectivity index (χ2n) is 4.76. The summed E-state index contributed by atoms with van der Waals surface area (Å²) < 4.78 is 0. The summed E-state index contributed by atoms with van der Waals surface area (Å²) in [6.07, 6.45) is 1.86. The standard InChI is InChI=1S/C14H14N4OS/c1-8-3-4-11-12(19)5-10(17-13(11)9(8)2)6-20-14-15-7-16-18-14/h3-4,7H,5-6H2,1-2H3,(H,15,16,18). The highest BCUT2D eigenvalue weighted by Gasteiger charge is 2.22. The molecule has 3 rings (SSSR count). The zero-order valence-electron chi connectivity index (χ0n) is 11.3. The first-order valence-corrected chi connectivity index (χ1v) is 7.31. The minimum Gasteiger partial charge on any atom is -0.294 e. The number of aromatic nitrogens is 3. The van der Waals surface area contributed by atoms with E-state index in [9.17, 15) is 4.79 Å². The van der Waals surface area contributed by atoms with Crippen molar-refractivity contribution in [2.75, 3.05) is 5.75 Å². The molecule has 1 aromatic carbocycles. The number of carbonyl (C=O) groups is 1. The molecule has 0 radical (unpaired) electrons. The zero-order valence-corrected chi connectivity index (χ0v) is 12.1. The van der Waals surface area contributed by atoms with Crippen LogP contribution < -0.4 is 0 Å². The van der Waals surface area contributed by atoms with Crippen LogP contribution in [0.1, 0.15) is 27.9 Å². The monoisotopic (exact) mass is 286 g/mol. The fourth-order valence-electron chi connectivity index (χ4n) is 2.15. The van der Waals surface area contributed by atoms with Crippen molar-refractivity contribution >= 4 is 28.9 Å². The Labute approximate surface area is 120 Å². The van der Waals surface area contributed by atoms with Gasteiger partial charge in [0.2, 0.25) is 0 Å². The summed E-state index contributed by atoms with van der Waals surface area (Å²) in [6, 6.07) is 3.86.